The summed E-state index contributed by atoms with van der Waals surface area (Å²) >= 11 is 0. The van der Waals surface area contributed by atoms with Gasteiger partial charge in [0.15, 0.2) is 0 Å². The summed E-state index contributed by atoms with van der Waals surface area (Å²) in [6.45, 7) is 1.91. The Bertz CT molecular complexity index is 634. The van der Waals surface area contributed by atoms with Crippen LogP contribution in [0.15, 0.2) is 24.4 Å². The molecule has 1 unspecified atom stereocenters. The Kier molecular flexibility index (Phi) is 4.70. The Labute approximate surface area is 123 Å². The standard InChI is InChI=1S/C15H18FN3O2/c1-9-5-6-11(16)10(7-9)13(17-2)14-15(21-4)19-12(20-3)8-18-14/h5-8,13,17H,1-4H3. The van der Waals surface area contributed by atoms with E-state index < -0.39 is 6.04 Å². The molecule has 1 N–H and O–H groups in total. The fourth-order valence-electron chi connectivity index (χ4n) is 2.14. The van der Waals surface area contributed by atoms with Crippen molar-refractivity contribution in [1.29, 1.82) is 0 Å². The van der Waals surface area contributed by atoms with Crippen LogP contribution in [0.3, 0.4) is 0 Å². The maximum Gasteiger partial charge on any atom is 0.240 e. The van der Waals surface area contributed by atoms with Gasteiger partial charge in [-0.05, 0) is 20.0 Å². The third kappa shape index (κ3) is 3.11. The first-order chi connectivity index (χ1) is 10.1. The van der Waals surface area contributed by atoms with Crippen molar-refractivity contribution in [3.05, 3.63) is 47.0 Å². The number of hydrogen-bond acceptors (Lipinski definition) is 5. The molecule has 0 fully saturated rings. The van der Waals surface area contributed by atoms with Crippen molar-refractivity contribution in [1.82, 2.24) is 15.3 Å². The number of nitrogens with zero attached hydrogens (tertiary/aromatic N) is 2. The highest BCUT2D eigenvalue weighted by molar-refractivity contribution is 5.36. The van der Waals surface area contributed by atoms with E-state index in [1.165, 1.54) is 26.5 Å². The van der Waals surface area contributed by atoms with Crippen molar-refractivity contribution in [2.45, 2.75) is 13.0 Å². The van der Waals surface area contributed by atoms with E-state index in [2.05, 4.69) is 15.3 Å². The topological polar surface area (TPSA) is 56.3 Å². The lowest BCUT2D eigenvalue weighted by molar-refractivity contribution is 0.353. The molecule has 2 rings (SSSR count). The number of aromatic nitrogens is 2. The lowest BCUT2D eigenvalue weighted by Gasteiger charge is -2.19. The molecule has 0 saturated heterocycles. The van der Waals surface area contributed by atoms with Crippen LogP contribution in [-0.2, 0) is 0 Å². The van der Waals surface area contributed by atoms with Gasteiger partial charge in [0, 0.05) is 5.56 Å². The Morgan fingerprint density at radius 2 is 2.00 bits per heavy atom. The zero-order chi connectivity index (χ0) is 15.4. The van der Waals surface area contributed by atoms with Crippen molar-refractivity contribution >= 4 is 0 Å². The van der Waals surface area contributed by atoms with E-state index in [0.29, 0.717) is 23.0 Å². The molecule has 5 nitrogen and oxygen atoms in total. The summed E-state index contributed by atoms with van der Waals surface area (Å²) in [5, 5.41) is 3.05. The second-order valence-electron chi connectivity index (χ2n) is 4.55. The van der Waals surface area contributed by atoms with Crippen LogP contribution in [0.1, 0.15) is 22.9 Å². The van der Waals surface area contributed by atoms with Crippen LogP contribution >= 0.6 is 0 Å². The SMILES string of the molecule is CNC(c1cc(C)ccc1F)c1ncc(OC)nc1OC. The fourth-order valence-corrected chi connectivity index (χ4v) is 2.14. The zero-order valence-electron chi connectivity index (χ0n) is 12.5. The average Bonchev–Trinajstić information content (AvgIpc) is 2.51. The summed E-state index contributed by atoms with van der Waals surface area (Å²) in [5.74, 6) is 0.337. The smallest absolute Gasteiger partial charge is 0.240 e. The third-order valence-corrected chi connectivity index (χ3v) is 3.17. The first-order valence-electron chi connectivity index (χ1n) is 6.49. The first kappa shape index (κ1) is 15.2. The molecule has 0 aliphatic heterocycles. The van der Waals surface area contributed by atoms with E-state index in [1.54, 1.807) is 19.2 Å². The Balaban J connectivity index is 2.53. The Morgan fingerprint density at radius 3 is 2.62 bits per heavy atom. The minimum absolute atomic E-state index is 0.301. The molecular weight excluding hydrogens is 273 g/mol. The molecule has 0 radical (unpaired) electrons. The molecule has 112 valence electrons. The molecule has 21 heavy (non-hydrogen) atoms. The third-order valence-electron chi connectivity index (χ3n) is 3.17. The van der Waals surface area contributed by atoms with Gasteiger partial charge in [-0.15, -0.1) is 0 Å². The quantitative estimate of drug-likeness (QED) is 0.915. The van der Waals surface area contributed by atoms with Crippen molar-refractivity contribution < 1.29 is 13.9 Å². The van der Waals surface area contributed by atoms with Gasteiger partial charge in [-0.2, -0.15) is 4.98 Å². The molecule has 1 atom stereocenters. The maximum absolute atomic E-state index is 14.1. The van der Waals surface area contributed by atoms with E-state index in [4.69, 9.17) is 9.47 Å². The monoisotopic (exact) mass is 291 g/mol. The Morgan fingerprint density at radius 1 is 1.24 bits per heavy atom. The summed E-state index contributed by atoms with van der Waals surface area (Å²) in [6, 6.07) is 4.49. The molecule has 6 heteroatoms. The van der Waals surface area contributed by atoms with Gasteiger partial charge >= 0.3 is 0 Å². The molecule has 1 heterocycles. The number of rotatable bonds is 5. The van der Waals surface area contributed by atoms with E-state index in [9.17, 15) is 4.39 Å². The maximum atomic E-state index is 14.1. The van der Waals surface area contributed by atoms with Crippen LogP contribution < -0.4 is 14.8 Å². The minimum atomic E-state index is -0.460. The number of nitrogens with one attached hydrogen (secondary N) is 1. The number of benzene rings is 1. The van der Waals surface area contributed by atoms with Gasteiger partial charge in [0.05, 0.1) is 26.5 Å². The number of hydrogen-bond donors (Lipinski definition) is 1. The van der Waals surface area contributed by atoms with Gasteiger partial charge in [0.2, 0.25) is 11.8 Å². The second kappa shape index (κ2) is 6.49. The highest BCUT2D eigenvalue weighted by Gasteiger charge is 2.23. The number of ether oxygens (including phenoxy) is 2. The molecule has 1 aromatic carbocycles. The zero-order valence-corrected chi connectivity index (χ0v) is 12.5. The van der Waals surface area contributed by atoms with E-state index in [0.717, 1.165) is 5.56 Å². The van der Waals surface area contributed by atoms with E-state index in [1.807, 2.05) is 6.92 Å². The Hall–Kier alpha value is -2.21. The van der Waals surface area contributed by atoms with Crippen LogP contribution in [0, 0.1) is 12.7 Å². The van der Waals surface area contributed by atoms with Crippen LogP contribution in [0.2, 0.25) is 0 Å². The molecule has 0 amide bonds. The number of aryl methyl sites for hydroxylation is 1. The van der Waals surface area contributed by atoms with Gasteiger partial charge in [-0.1, -0.05) is 17.7 Å². The van der Waals surface area contributed by atoms with Gasteiger partial charge in [-0.25, -0.2) is 9.37 Å². The number of methoxy groups -OCH3 is 2. The predicted molar refractivity (Wildman–Crippen MR) is 77.2 cm³/mol. The van der Waals surface area contributed by atoms with E-state index in [-0.39, 0.29) is 5.82 Å². The highest BCUT2D eigenvalue weighted by Crippen LogP contribution is 2.29. The summed E-state index contributed by atoms with van der Waals surface area (Å²) in [7, 11) is 4.73. The van der Waals surface area contributed by atoms with Gasteiger partial charge < -0.3 is 14.8 Å². The first-order valence-corrected chi connectivity index (χ1v) is 6.49. The summed E-state index contributed by atoms with van der Waals surface area (Å²) in [4.78, 5) is 8.48. The van der Waals surface area contributed by atoms with Crippen molar-refractivity contribution in [3.8, 4) is 11.8 Å². The van der Waals surface area contributed by atoms with Gasteiger partial charge in [0.25, 0.3) is 0 Å². The molecule has 0 saturated carbocycles. The molecule has 0 bridgehead atoms. The van der Waals surface area contributed by atoms with Crippen LogP contribution in [0.4, 0.5) is 4.39 Å². The van der Waals surface area contributed by atoms with Crippen LogP contribution in [-0.4, -0.2) is 31.2 Å². The normalized spacial score (nSPS) is 12.0. The van der Waals surface area contributed by atoms with Crippen molar-refractivity contribution in [2.24, 2.45) is 0 Å². The predicted octanol–water partition coefficient (Wildman–Crippen LogP) is 2.25. The molecule has 1 aromatic heterocycles. The summed E-state index contributed by atoms with van der Waals surface area (Å²) in [6.07, 6.45) is 1.48. The average molecular weight is 291 g/mol. The lowest BCUT2D eigenvalue weighted by Crippen LogP contribution is -2.21. The van der Waals surface area contributed by atoms with Crippen LogP contribution in [0.5, 0.6) is 11.8 Å². The summed E-state index contributed by atoms with van der Waals surface area (Å²) in [5.41, 5.74) is 1.97. The molecule has 0 aliphatic rings. The molecule has 0 aliphatic carbocycles. The fraction of sp³-hybridized carbons (Fsp3) is 0.333. The van der Waals surface area contributed by atoms with Crippen LogP contribution in [0.25, 0.3) is 0 Å². The summed E-state index contributed by atoms with van der Waals surface area (Å²) < 4.78 is 24.4. The lowest BCUT2D eigenvalue weighted by atomic mass is 10.0. The largest absolute Gasteiger partial charge is 0.480 e. The van der Waals surface area contributed by atoms with E-state index >= 15 is 0 Å². The number of halogens is 1. The second-order valence-corrected chi connectivity index (χ2v) is 4.55. The molecular formula is C15H18FN3O2. The van der Waals surface area contributed by atoms with Crippen molar-refractivity contribution in [2.75, 3.05) is 21.3 Å². The van der Waals surface area contributed by atoms with Gasteiger partial charge in [0.1, 0.15) is 11.5 Å². The highest BCUT2D eigenvalue weighted by atomic mass is 19.1. The van der Waals surface area contributed by atoms with Crippen molar-refractivity contribution in [3.63, 3.8) is 0 Å². The minimum Gasteiger partial charge on any atom is -0.480 e. The molecule has 0 spiro atoms. The van der Waals surface area contributed by atoms with Gasteiger partial charge in [-0.3, -0.25) is 0 Å². The molecule has 2 aromatic rings.